The van der Waals surface area contributed by atoms with Crippen LogP contribution in [0.4, 0.5) is 14.6 Å². The van der Waals surface area contributed by atoms with Crippen molar-refractivity contribution in [3.63, 3.8) is 0 Å². The Labute approximate surface area is 172 Å². The number of aromatic nitrogens is 3. The van der Waals surface area contributed by atoms with E-state index in [0.29, 0.717) is 30.7 Å². The average molecular weight is 426 g/mol. The van der Waals surface area contributed by atoms with Gasteiger partial charge in [0.2, 0.25) is 5.88 Å². The zero-order chi connectivity index (χ0) is 20.3. The van der Waals surface area contributed by atoms with Crippen LogP contribution in [0.3, 0.4) is 0 Å². The summed E-state index contributed by atoms with van der Waals surface area (Å²) < 4.78 is 40.5. The van der Waals surface area contributed by atoms with E-state index in [4.69, 9.17) is 21.1 Å². The topological polar surface area (TPSA) is 63.6 Å². The van der Waals surface area contributed by atoms with E-state index >= 15 is 0 Å². The molecular formula is C19H22ClF2N5O2. The summed E-state index contributed by atoms with van der Waals surface area (Å²) in [5.74, 6) is -0.0553. The summed E-state index contributed by atoms with van der Waals surface area (Å²) in [6.07, 6.45) is 1.27. The molecule has 0 spiro atoms. The van der Waals surface area contributed by atoms with Crippen molar-refractivity contribution in [3.05, 3.63) is 11.0 Å². The number of pyridine rings is 1. The van der Waals surface area contributed by atoms with Gasteiger partial charge in [0.05, 0.1) is 12.1 Å². The fraction of sp³-hybridized carbons (Fsp3) is 0.632. The Morgan fingerprint density at radius 2 is 2.14 bits per heavy atom. The number of nitrogens with zero attached hydrogens (tertiary/aromatic N) is 5. The molecule has 7 nitrogen and oxygen atoms in total. The standard InChI is InChI=1S/C19H22ClF2N5O2/c1-10-7-26(2)16-12-14(13(22)15(20)24-17(12)29-10)23-18(25-16)28-9-19-4-3-5-27(19)8-11(21)6-19/h10-11H,3-9H2,1-2H3/t10?,11-,19+/m1/s1. The van der Waals surface area contributed by atoms with Gasteiger partial charge in [0.25, 0.3) is 0 Å². The summed E-state index contributed by atoms with van der Waals surface area (Å²) in [5, 5.41) is 0.0629. The van der Waals surface area contributed by atoms with E-state index in [0.717, 1.165) is 19.4 Å². The number of halogens is 3. The van der Waals surface area contributed by atoms with Crippen LogP contribution in [0.2, 0.25) is 5.15 Å². The van der Waals surface area contributed by atoms with Crippen LogP contribution in [-0.4, -0.2) is 71.0 Å². The maximum Gasteiger partial charge on any atom is 0.319 e. The maximum atomic E-state index is 14.8. The van der Waals surface area contributed by atoms with Crippen LogP contribution in [0.1, 0.15) is 26.2 Å². The van der Waals surface area contributed by atoms with E-state index in [2.05, 4.69) is 19.9 Å². The van der Waals surface area contributed by atoms with Crippen LogP contribution in [-0.2, 0) is 0 Å². The number of alkyl halides is 1. The third kappa shape index (κ3) is 3.06. The molecule has 156 valence electrons. The Hall–Kier alpha value is -2.00. The van der Waals surface area contributed by atoms with Crippen molar-refractivity contribution < 1.29 is 18.3 Å². The molecule has 0 saturated carbocycles. The average Bonchev–Trinajstić information content (AvgIpc) is 3.15. The van der Waals surface area contributed by atoms with Crippen LogP contribution in [0, 0.1) is 5.82 Å². The molecule has 2 saturated heterocycles. The van der Waals surface area contributed by atoms with Crippen LogP contribution in [0.25, 0.3) is 10.9 Å². The predicted molar refractivity (Wildman–Crippen MR) is 104 cm³/mol. The summed E-state index contributed by atoms with van der Waals surface area (Å²) in [6, 6.07) is 0.0459. The molecule has 2 fully saturated rings. The van der Waals surface area contributed by atoms with Crippen molar-refractivity contribution in [1.29, 1.82) is 0 Å². The third-order valence-electron chi connectivity index (χ3n) is 6.11. The van der Waals surface area contributed by atoms with Gasteiger partial charge in [0.1, 0.15) is 35.6 Å². The molecule has 0 radical (unpaired) electrons. The Kier molecular flexibility index (Phi) is 4.43. The zero-order valence-electron chi connectivity index (χ0n) is 16.3. The lowest BCUT2D eigenvalue weighted by Gasteiger charge is -2.30. The molecule has 10 heteroatoms. The molecule has 3 aliphatic rings. The summed E-state index contributed by atoms with van der Waals surface area (Å²) in [6.45, 7) is 3.99. The van der Waals surface area contributed by atoms with Gasteiger partial charge in [0.15, 0.2) is 11.0 Å². The lowest BCUT2D eigenvalue weighted by Crippen LogP contribution is -2.43. The molecule has 0 N–H and O–H groups in total. The van der Waals surface area contributed by atoms with Gasteiger partial charge < -0.3 is 14.4 Å². The highest BCUT2D eigenvalue weighted by Gasteiger charge is 2.49. The normalized spacial score (nSPS) is 29.1. The van der Waals surface area contributed by atoms with Crippen molar-refractivity contribution >= 4 is 28.3 Å². The highest BCUT2D eigenvalue weighted by Crippen LogP contribution is 2.41. The number of ether oxygens (including phenoxy) is 2. The first kappa shape index (κ1) is 19.0. The smallest absolute Gasteiger partial charge is 0.319 e. The quantitative estimate of drug-likeness (QED) is 0.700. The second kappa shape index (κ2) is 6.77. The highest BCUT2D eigenvalue weighted by molar-refractivity contribution is 6.30. The van der Waals surface area contributed by atoms with Crippen LogP contribution < -0.4 is 14.4 Å². The molecule has 3 aliphatic heterocycles. The SMILES string of the molecule is CC1CN(C)c2nc(OC[C@@]34CCCN3C[C@H](F)C4)nc3c(F)c(Cl)nc(c23)O1. The van der Waals surface area contributed by atoms with Gasteiger partial charge in [-0.2, -0.15) is 15.0 Å². The largest absolute Gasteiger partial charge is 0.472 e. The molecular weight excluding hydrogens is 404 g/mol. The molecule has 0 aromatic carbocycles. The second-order valence-electron chi connectivity index (χ2n) is 8.25. The van der Waals surface area contributed by atoms with Crippen molar-refractivity contribution in [2.75, 3.05) is 38.2 Å². The molecule has 5 rings (SSSR count). The van der Waals surface area contributed by atoms with Gasteiger partial charge in [-0.25, -0.2) is 8.78 Å². The number of hydrogen-bond donors (Lipinski definition) is 0. The Bertz CT molecular complexity index is 980. The van der Waals surface area contributed by atoms with E-state index in [1.54, 1.807) is 0 Å². The van der Waals surface area contributed by atoms with Crippen LogP contribution in [0.5, 0.6) is 11.9 Å². The van der Waals surface area contributed by atoms with E-state index < -0.39 is 12.0 Å². The molecule has 29 heavy (non-hydrogen) atoms. The van der Waals surface area contributed by atoms with Crippen molar-refractivity contribution in [3.8, 4) is 11.9 Å². The minimum absolute atomic E-state index is 0.0107. The van der Waals surface area contributed by atoms with Crippen molar-refractivity contribution in [2.24, 2.45) is 0 Å². The van der Waals surface area contributed by atoms with Crippen LogP contribution >= 0.6 is 11.6 Å². The second-order valence-corrected chi connectivity index (χ2v) is 8.61. The first-order chi connectivity index (χ1) is 13.9. The summed E-state index contributed by atoms with van der Waals surface area (Å²) in [7, 11) is 1.84. The summed E-state index contributed by atoms with van der Waals surface area (Å²) >= 11 is 5.98. The first-order valence-electron chi connectivity index (χ1n) is 9.83. The molecule has 3 atom stereocenters. The van der Waals surface area contributed by atoms with E-state index in [9.17, 15) is 8.78 Å². The Morgan fingerprint density at radius 3 is 2.97 bits per heavy atom. The van der Waals surface area contributed by atoms with E-state index in [-0.39, 0.29) is 40.8 Å². The Morgan fingerprint density at radius 1 is 1.31 bits per heavy atom. The molecule has 2 aromatic heterocycles. The Balaban J connectivity index is 1.54. The van der Waals surface area contributed by atoms with Crippen molar-refractivity contribution in [1.82, 2.24) is 19.9 Å². The van der Waals surface area contributed by atoms with Crippen molar-refractivity contribution in [2.45, 2.75) is 44.0 Å². The molecule has 0 amide bonds. The fourth-order valence-corrected chi connectivity index (χ4v) is 5.02. The van der Waals surface area contributed by atoms with Gasteiger partial charge in [-0.05, 0) is 26.3 Å². The van der Waals surface area contributed by atoms with Gasteiger partial charge in [-0.1, -0.05) is 11.6 Å². The monoisotopic (exact) mass is 425 g/mol. The third-order valence-corrected chi connectivity index (χ3v) is 6.36. The first-order valence-corrected chi connectivity index (χ1v) is 10.2. The van der Waals surface area contributed by atoms with Gasteiger partial charge >= 0.3 is 6.01 Å². The number of hydrogen-bond acceptors (Lipinski definition) is 7. The van der Waals surface area contributed by atoms with Gasteiger partial charge in [-0.3, -0.25) is 4.90 Å². The summed E-state index contributed by atoms with van der Waals surface area (Å²) in [5.41, 5.74) is -0.328. The molecule has 0 aliphatic carbocycles. The molecule has 5 heterocycles. The number of rotatable bonds is 3. The van der Waals surface area contributed by atoms with Crippen LogP contribution in [0.15, 0.2) is 0 Å². The highest BCUT2D eigenvalue weighted by atomic mass is 35.5. The lowest BCUT2D eigenvalue weighted by molar-refractivity contribution is 0.107. The van der Waals surface area contributed by atoms with Gasteiger partial charge in [-0.15, -0.1) is 0 Å². The minimum atomic E-state index is -0.851. The number of fused-ring (bicyclic) bond motifs is 1. The molecule has 0 bridgehead atoms. The molecule has 2 aromatic rings. The van der Waals surface area contributed by atoms with E-state index in [1.807, 2.05) is 18.9 Å². The maximum absolute atomic E-state index is 14.8. The summed E-state index contributed by atoms with van der Waals surface area (Å²) in [4.78, 5) is 16.8. The minimum Gasteiger partial charge on any atom is -0.472 e. The van der Waals surface area contributed by atoms with Gasteiger partial charge in [0, 0.05) is 20.0 Å². The zero-order valence-corrected chi connectivity index (χ0v) is 17.0. The predicted octanol–water partition coefficient (Wildman–Crippen LogP) is 2.99. The fourth-order valence-electron chi connectivity index (χ4n) is 4.85. The number of anilines is 1. The van der Waals surface area contributed by atoms with E-state index in [1.165, 1.54) is 0 Å². The number of likely N-dealkylation sites (N-methyl/N-ethyl adjacent to an activating group) is 1. The molecule has 1 unspecified atom stereocenters. The lowest BCUT2D eigenvalue weighted by atomic mass is 9.95.